The van der Waals surface area contributed by atoms with Crippen molar-refractivity contribution in [1.82, 2.24) is 15.2 Å². The van der Waals surface area contributed by atoms with E-state index in [1.54, 1.807) is 6.92 Å². The molecule has 0 spiro atoms. The first-order chi connectivity index (χ1) is 13.2. The van der Waals surface area contributed by atoms with Crippen LogP contribution in [0.2, 0.25) is 0 Å². The van der Waals surface area contributed by atoms with Crippen molar-refractivity contribution in [2.24, 2.45) is 0 Å². The van der Waals surface area contributed by atoms with Crippen LogP contribution in [0.1, 0.15) is 30.2 Å². The lowest BCUT2D eigenvalue weighted by Gasteiger charge is -2.07. The molecule has 0 saturated heterocycles. The number of rotatable bonds is 8. The van der Waals surface area contributed by atoms with Crippen molar-refractivity contribution >= 4 is 23.5 Å². The van der Waals surface area contributed by atoms with Crippen LogP contribution in [0.15, 0.2) is 34.2 Å². The highest BCUT2D eigenvalue weighted by molar-refractivity contribution is 7.99. The molecule has 0 radical (unpaired) electrons. The number of esters is 1. The lowest BCUT2D eigenvalue weighted by atomic mass is 10.1. The molecule has 0 atom stereocenters. The molecule has 0 bridgehead atoms. The molecule has 1 aromatic heterocycles. The number of ether oxygens (including phenoxy) is 1. The molecule has 11 heteroatoms. The zero-order valence-corrected chi connectivity index (χ0v) is 15.5. The molecule has 0 aliphatic heterocycles. The van der Waals surface area contributed by atoms with Gasteiger partial charge in [0.25, 0.3) is 5.56 Å². The number of hydrogen-bond donors (Lipinski definition) is 1. The van der Waals surface area contributed by atoms with Crippen LogP contribution >= 0.6 is 11.8 Å². The van der Waals surface area contributed by atoms with Crippen molar-refractivity contribution in [2.45, 2.75) is 31.1 Å². The molecule has 28 heavy (non-hydrogen) atoms. The van der Waals surface area contributed by atoms with Gasteiger partial charge in [0.05, 0.1) is 17.9 Å². The van der Waals surface area contributed by atoms with E-state index < -0.39 is 23.3 Å². The molecule has 0 amide bonds. The highest BCUT2D eigenvalue weighted by Gasteiger charge is 2.29. The maximum atomic E-state index is 12.6. The molecule has 2 aromatic rings. The predicted molar refractivity (Wildman–Crippen MR) is 93.9 cm³/mol. The SMILES string of the molecule is CCOC(=O)CC(=O)CSc1nnc(Cc2ccc(C(F)(F)F)cc2)c(=O)[nH]1. The van der Waals surface area contributed by atoms with Crippen molar-refractivity contribution in [1.29, 1.82) is 0 Å². The number of carbonyl (C=O) groups excluding carboxylic acids is 2. The number of hydrogen-bond acceptors (Lipinski definition) is 7. The van der Waals surface area contributed by atoms with E-state index in [1.165, 1.54) is 12.1 Å². The van der Waals surface area contributed by atoms with Crippen molar-refractivity contribution in [3.8, 4) is 0 Å². The normalized spacial score (nSPS) is 11.3. The smallest absolute Gasteiger partial charge is 0.416 e. The molecule has 0 unspecified atom stereocenters. The number of aromatic nitrogens is 3. The zero-order valence-electron chi connectivity index (χ0n) is 14.7. The lowest BCUT2D eigenvalue weighted by Crippen LogP contribution is -2.19. The Kier molecular flexibility index (Phi) is 7.32. The maximum absolute atomic E-state index is 12.6. The minimum atomic E-state index is -4.43. The Balaban J connectivity index is 1.96. The van der Waals surface area contributed by atoms with Crippen LogP contribution in [0.3, 0.4) is 0 Å². The molecule has 0 aliphatic carbocycles. The van der Waals surface area contributed by atoms with Crippen LogP contribution in [0.4, 0.5) is 13.2 Å². The molecule has 1 N–H and O–H groups in total. The van der Waals surface area contributed by atoms with Crippen LogP contribution in [-0.4, -0.2) is 39.3 Å². The second kappa shape index (κ2) is 9.49. The fourth-order valence-electron chi connectivity index (χ4n) is 2.10. The zero-order chi connectivity index (χ0) is 20.7. The average molecular weight is 415 g/mol. The Hall–Kier alpha value is -2.69. The number of halogens is 3. The van der Waals surface area contributed by atoms with Gasteiger partial charge in [-0.25, -0.2) is 0 Å². The van der Waals surface area contributed by atoms with Gasteiger partial charge in [-0.3, -0.25) is 19.4 Å². The molecule has 0 aliphatic rings. The fourth-order valence-corrected chi connectivity index (χ4v) is 2.77. The van der Waals surface area contributed by atoms with E-state index in [4.69, 9.17) is 0 Å². The van der Waals surface area contributed by atoms with Gasteiger partial charge in [-0.2, -0.15) is 13.2 Å². The van der Waals surface area contributed by atoms with Crippen molar-refractivity contribution in [3.63, 3.8) is 0 Å². The lowest BCUT2D eigenvalue weighted by molar-refractivity contribution is -0.145. The third-order valence-electron chi connectivity index (χ3n) is 3.41. The van der Waals surface area contributed by atoms with Gasteiger partial charge in [0.2, 0.25) is 0 Å². The standard InChI is InChI=1S/C17H16F3N3O4S/c1-2-27-14(25)8-12(24)9-28-16-21-15(26)13(22-23-16)7-10-3-5-11(6-4-10)17(18,19)20/h3-6H,2,7-9H2,1H3,(H,21,23,26). The second-order valence-corrected chi connectivity index (χ2v) is 6.55. The third kappa shape index (κ3) is 6.48. The van der Waals surface area contributed by atoms with Gasteiger partial charge in [-0.1, -0.05) is 23.9 Å². The fraction of sp³-hybridized carbons (Fsp3) is 0.353. The summed E-state index contributed by atoms with van der Waals surface area (Å²) < 4.78 is 42.4. The molecule has 0 saturated carbocycles. The highest BCUT2D eigenvalue weighted by atomic mass is 32.2. The number of nitrogens with one attached hydrogen (secondary N) is 1. The van der Waals surface area contributed by atoms with Crippen LogP contribution in [0.5, 0.6) is 0 Å². The van der Waals surface area contributed by atoms with Crippen molar-refractivity contribution < 1.29 is 27.5 Å². The number of benzene rings is 1. The number of nitrogens with zero attached hydrogens (tertiary/aromatic N) is 2. The summed E-state index contributed by atoms with van der Waals surface area (Å²) in [6, 6.07) is 4.38. The first kappa shape index (κ1) is 21.6. The summed E-state index contributed by atoms with van der Waals surface area (Å²) in [6.07, 6.45) is -4.79. The molecule has 0 fully saturated rings. The van der Waals surface area contributed by atoms with Crippen LogP contribution in [0.25, 0.3) is 0 Å². The Morgan fingerprint density at radius 2 is 1.86 bits per heavy atom. The van der Waals surface area contributed by atoms with Gasteiger partial charge >= 0.3 is 12.1 Å². The number of ketones is 1. The molecular formula is C17H16F3N3O4S. The van der Waals surface area contributed by atoms with Gasteiger partial charge < -0.3 is 4.74 Å². The van der Waals surface area contributed by atoms with E-state index in [2.05, 4.69) is 19.9 Å². The van der Waals surface area contributed by atoms with E-state index >= 15 is 0 Å². The summed E-state index contributed by atoms with van der Waals surface area (Å²) in [5.41, 5.74) is -0.842. The molecule has 1 heterocycles. The Labute approximate surface area is 161 Å². The summed E-state index contributed by atoms with van der Waals surface area (Å²) in [4.78, 5) is 37.4. The second-order valence-electron chi connectivity index (χ2n) is 5.59. The van der Waals surface area contributed by atoms with Gasteiger partial charge in [-0.15, -0.1) is 10.2 Å². The molecule has 2 rings (SSSR count). The summed E-state index contributed by atoms with van der Waals surface area (Å²) >= 11 is 0.911. The van der Waals surface area contributed by atoms with E-state index in [0.29, 0.717) is 5.56 Å². The van der Waals surface area contributed by atoms with E-state index in [-0.39, 0.29) is 41.8 Å². The van der Waals surface area contributed by atoms with E-state index in [1.807, 2.05) is 0 Å². The van der Waals surface area contributed by atoms with Crippen molar-refractivity contribution in [3.05, 3.63) is 51.4 Å². The van der Waals surface area contributed by atoms with Crippen LogP contribution < -0.4 is 5.56 Å². The first-order valence-electron chi connectivity index (χ1n) is 8.11. The molecule has 7 nitrogen and oxygen atoms in total. The number of aromatic amines is 1. The largest absolute Gasteiger partial charge is 0.466 e. The average Bonchev–Trinajstić information content (AvgIpc) is 2.62. The van der Waals surface area contributed by atoms with Gasteiger partial charge in [0.1, 0.15) is 12.1 Å². The number of thioether (sulfide) groups is 1. The van der Waals surface area contributed by atoms with E-state index in [0.717, 1.165) is 23.9 Å². The third-order valence-corrected chi connectivity index (χ3v) is 4.34. The summed E-state index contributed by atoms with van der Waals surface area (Å²) in [7, 11) is 0. The minimum Gasteiger partial charge on any atom is -0.466 e. The quantitative estimate of drug-likeness (QED) is 0.401. The maximum Gasteiger partial charge on any atom is 0.416 e. The molecule has 150 valence electrons. The highest BCUT2D eigenvalue weighted by Crippen LogP contribution is 2.29. The van der Waals surface area contributed by atoms with Gasteiger partial charge in [0.15, 0.2) is 10.9 Å². The summed E-state index contributed by atoms with van der Waals surface area (Å²) in [5, 5.41) is 7.66. The molecular weight excluding hydrogens is 399 g/mol. The van der Waals surface area contributed by atoms with Crippen molar-refractivity contribution in [2.75, 3.05) is 12.4 Å². The van der Waals surface area contributed by atoms with E-state index in [9.17, 15) is 27.6 Å². The topological polar surface area (TPSA) is 102 Å². The number of H-pyrrole nitrogens is 1. The van der Waals surface area contributed by atoms with Crippen LogP contribution in [0, 0.1) is 0 Å². The Morgan fingerprint density at radius 3 is 2.43 bits per heavy atom. The predicted octanol–water partition coefficient (Wildman–Crippen LogP) is 2.39. The Morgan fingerprint density at radius 1 is 1.18 bits per heavy atom. The first-order valence-corrected chi connectivity index (χ1v) is 9.09. The number of carbonyl (C=O) groups is 2. The number of Topliss-reactive ketones (excluding diaryl/α,β-unsaturated/α-hetero) is 1. The summed E-state index contributed by atoms with van der Waals surface area (Å²) in [6.45, 7) is 1.81. The Bertz CT molecular complexity index is 898. The van der Waals surface area contributed by atoms with Crippen LogP contribution in [-0.2, 0) is 26.9 Å². The minimum absolute atomic E-state index is 0.00715. The summed E-state index contributed by atoms with van der Waals surface area (Å²) in [5.74, 6) is -1.11. The number of alkyl halides is 3. The monoisotopic (exact) mass is 415 g/mol. The van der Waals surface area contributed by atoms with Gasteiger partial charge in [-0.05, 0) is 24.6 Å². The van der Waals surface area contributed by atoms with Gasteiger partial charge in [0, 0.05) is 6.42 Å². The molecule has 1 aromatic carbocycles.